The Bertz CT molecular complexity index is 929. The lowest BCUT2D eigenvalue weighted by Crippen LogP contribution is -2.37. The lowest BCUT2D eigenvalue weighted by molar-refractivity contribution is 0.215. The summed E-state index contributed by atoms with van der Waals surface area (Å²) in [5.41, 5.74) is 1.28. The van der Waals surface area contributed by atoms with Gasteiger partial charge in [0.05, 0.1) is 5.56 Å². The quantitative estimate of drug-likeness (QED) is 0.722. The van der Waals surface area contributed by atoms with Crippen LogP contribution in [0.3, 0.4) is 0 Å². The number of hydrogen-bond acceptors (Lipinski definition) is 5. The third kappa shape index (κ3) is 3.64. The first-order valence-corrected chi connectivity index (χ1v) is 9.42. The van der Waals surface area contributed by atoms with Crippen molar-refractivity contribution in [2.75, 3.05) is 32.5 Å². The second kappa shape index (κ2) is 7.23. The van der Waals surface area contributed by atoms with Gasteiger partial charge in [-0.25, -0.2) is 4.39 Å². The Balaban J connectivity index is 1.60. The van der Waals surface area contributed by atoms with Gasteiger partial charge in [0.25, 0.3) is 0 Å². The number of rotatable bonds is 6. The predicted octanol–water partition coefficient (Wildman–Crippen LogP) is 3.46. The molecular formula is C20H25FN6. The Morgan fingerprint density at radius 1 is 1.11 bits per heavy atom. The van der Waals surface area contributed by atoms with Crippen molar-refractivity contribution in [3.63, 3.8) is 0 Å². The zero-order chi connectivity index (χ0) is 18.9. The van der Waals surface area contributed by atoms with Crippen LogP contribution in [0.25, 0.3) is 17.0 Å². The lowest BCUT2D eigenvalue weighted by Gasteiger charge is -2.32. The largest absolute Gasteiger partial charge is 0.368 e. The van der Waals surface area contributed by atoms with Crippen LogP contribution in [0.2, 0.25) is 0 Å². The summed E-state index contributed by atoms with van der Waals surface area (Å²) < 4.78 is 15.8. The van der Waals surface area contributed by atoms with Crippen molar-refractivity contribution in [3.8, 4) is 11.4 Å². The minimum Gasteiger partial charge on any atom is -0.368 e. The van der Waals surface area contributed by atoms with Crippen LogP contribution in [0.15, 0.2) is 36.4 Å². The first kappa shape index (κ1) is 17.9. The molecule has 1 fully saturated rings. The van der Waals surface area contributed by atoms with Crippen LogP contribution < -0.4 is 5.32 Å². The molecule has 3 aromatic rings. The average Bonchev–Trinajstić information content (AvgIpc) is 3.27. The number of fused-ring (bicyclic) bond motifs is 1. The summed E-state index contributed by atoms with van der Waals surface area (Å²) in [6, 6.07) is 10.3. The van der Waals surface area contributed by atoms with E-state index in [0.29, 0.717) is 17.0 Å². The van der Waals surface area contributed by atoms with Crippen LogP contribution in [0.4, 0.5) is 10.2 Å². The molecule has 0 aliphatic heterocycles. The topological polar surface area (TPSA) is 58.3 Å². The zero-order valence-corrected chi connectivity index (χ0v) is 15.8. The number of benzene rings is 1. The number of nitrogens with zero attached hydrogens (tertiary/aromatic N) is 5. The maximum absolute atomic E-state index is 14.2. The molecule has 142 valence electrons. The smallest absolute Gasteiger partial charge is 0.188 e. The van der Waals surface area contributed by atoms with Gasteiger partial charge >= 0.3 is 0 Å². The molecule has 0 radical (unpaired) electrons. The Labute approximate surface area is 158 Å². The highest BCUT2D eigenvalue weighted by molar-refractivity contribution is 5.60. The van der Waals surface area contributed by atoms with E-state index in [-0.39, 0.29) is 11.2 Å². The molecule has 6 nitrogen and oxygen atoms in total. The van der Waals surface area contributed by atoms with Crippen molar-refractivity contribution in [2.45, 2.75) is 25.7 Å². The lowest BCUT2D eigenvalue weighted by atomic mass is 9.85. The van der Waals surface area contributed by atoms with E-state index >= 15 is 0 Å². The molecule has 0 spiro atoms. The first-order chi connectivity index (χ1) is 13.1. The van der Waals surface area contributed by atoms with Gasteiger partial charge < -0.3 is 10.2 Å². The van der Waals surface area contributed by atoms with Crippen molar-refractivity contribution in [1.82, 2.24) is 24.7 Å². The summed E-state index contributed by atoms with van der Waals surface area (Å²) >= 11 is 0. The Hall–Kier alpha value is -2.54. The molecule has 0 unspecified atom stereocenters. The van der Waals surface area contributed by atoms with Gasteiger partial charge in [0, 0.05) is 18.5 Å². The number of nitrogens with one attached hydrogen (secondary N) is 1. The fourth-order valence-corrected chi connectivity index (χ4v) is 4.16. The third-order valence-electron chi connectivity index (χ3n) is 5.34. The molecule has 7 heteroatoms. The van der Waals surface area contributed by atoms with E-state index in [9.17, 15) is 4.39 Å². The number of aromatic nitrogens is 4. The maximum atomic E-state index is 14.2. The Kier molecular flexibility index (Phi) is 4.78. The molecular weight excluding hydrogens is 343 g/mol. The van der Waals surface area contributed by atoms with Crippen LogP contribution in [-0.2, 0) is 0 Å². The van der Waals surface area contributed by atoms with Crippen LogP contribution in [0, 0.1) is 11.2 Å². The summed E-state index contributed by atoms with van der Waals surface area (Å²) in [4.78, 5) is 2.26. The van der Waals surface area contributed by atoms with E-state index in [2.05, 4.69) is 39.6 Å². The molecule has 0 saturated heterocycles. The highest BCUT2D eigenvalue weighted by atomic mass is 19.1. The van der Waals surface area contributed by atoms with Crippen molar-refractivity contribution >= 4 is 11.5 Å². The fourth-order valence-electron chi connectivity index (χ4n) is 4.16. The SMILES string of the molecule is CN(C)CC1(CNc2ccc3nnc(-c4ccccc4F)n3n2)CCCC1. The van der Waals surface area contributed by atoms with Gasteiger partial charge in [-0.2, -0.15) is 4.52 Å². The van der Waals surface area contributed by atoms with Gasteiger partial charge in [-0.3, -0.25) is 0 Å². The predicted molar refractivity (Wildman–Crippen MR) is 104 cm³/mol. The number of anilines is 1. The van der Waals surface area contributed by atoms with Gasteiger partial charge in [0.1, 0.15) is 11.6 Å². The van der Waals surface area contributed by atoms with Gasteiger partial charge in [0.15, 0.2) is 11.5 Å². The van der Waals surface area contributed by atoms with Gasteiger partial charge in [0.2, 0.25) is 0 Å². The molecule has 4 rings (SSSR count). The molecule has 0 amide bonds. The first-order valence-electron chi connectivity index (χ1n) is 9.42. The second-order valence-electron chi connectivity index (χ2n) is 7.79. The van der Waals surface area contributed by atoms with Gasteiger partial charge in [-0.05, 0) is 51.2 Å². The Morgan fingerprint density at radius 3 is 2.63 bits per heavy atom. The molecule has 27 heavy (non-hydrogen) atoms. The highest BCUT2D eigenvalue weighted by Crippen LogP contribution is 2.38. The molecule has 0 atom stereocenters. The van der Waals surface area contributed by atoms with E-state index in [1.807, 2.05) is 12.1 Å². The normalized spacial score (nSPS) is 16.3. The van der Waals surface area contributed by atoms with Crippen LogP contribution in [0.1, 0.15) is 25.7 Å². The van der Waals surface area contributed by atoms with Crippen molar-refractivity contribution < 1.29 is 4.39 Å². The summed E-state index contributed by atoms with van der Waals surface area (Å²) in [5, 5.41) is 16.4. The van der Waals surface area contributed by atoms with Crippen LogP contribution in [-0.4, -0.2) is 51.9 Å². The molecule has 0 bridgehead atoms. The van der Waals surface area contributed by atoms with Gasteiger partial charge in [-0.15, -0.1) is 15.3 Å². The summed E-state index contributed by atoms with van der Waals surface area (Å²) in [6.45, 7) is 1.94. The van der Waals surface area contributed by atoms with E-state index in [0.717, 1.165) is 18.9 Å². The number of hydrogen-bond donors (Lipinski definition) is 1. The number of halogens is 1. The van der Waals surface area contributed by atoms with Crippen LogP contribution in [0.5, 0.6) is 0 Å². The van der Waals surface area contributed by atoms with E-state index in [1.54, 1.807) is 22.7 Å². The zero-order valence-electron chi connectivity index (χ0n) is 15.8. The van der Waals surface area contributed by atoms with Crippen molar-refractivity contribution in [2.24, 2.45) is 5.41 Å². The second-order valence-corrected chi connectivity index (χ2v) is 7.79. The van der Waals surface area contributed by atoms with Crippen molar-refractivity contribution in [1.29, 1.82) is 0 Å². The Morgan fingerprint density at radius 2 is 1.89 bits per heavy atom. The van der Waals surface area contributed by atoms with Crippen LogP contribution >= 0.6 is 0 Å². The minimum absolute atomic E-state index is 0.279. The molecule has 2 heterocycles. The molecule has 2 aromatic heterocycles. The van der Waals surface area contributed by atoms with Crippen molar-refractivity contribution in [3.05, 3.63) is 42.2 Å². The molecule has 1 aliphatic carbocycles. The standard InChI is InChI=1S/C20H25FN6/c1-26(2)14-20(11-5-6-12-20)13-22-17-9-10-18-23-24-19(27(18)25-17)15-7-3-4-8-16(15)21/h3-4,7-10H,5-6,11-14H2,1-2H3,(H,22,25). The van der Waals surface area contributed by atoms with Gasteiger partial charge in [-0.1, -0.05) is 25.0 Å². The molecule has 1 aromatic carbocycles. The minimum atomic E-state index is -0.331. The molecule has 1 N–H and O–H groups in total. The monoisotopic (exact) mass is 368 g/mol. The van der Waals surface area contributed by atoms with E-state index in [4.69, 9.17) is 0 Å². The third-order valence-corrected chi connectivity index (χ3v) is 5.34. The fraction of sp³-hybridized carbons (Fsp3) is 0.450. The molecule has 1 aliphatic rings. The average molecular weight is 368 g/mol. The van der Waals surface area contributed by atoms with E-state index < -0.39 is 0 Å². The summed E-state index contributed by atoms with van der Waals surface area (Å²) in [7, 11) is 4.25. The highest BCUT2D eigenvalue weighted by Gasteiger charge is 2.34. The summed E-state index contributed by atoms with van der Waals surface area (Å²) in [5.74, 6) is 0.836. The molecule has 1 saturated carbocycles. The van der Waals surface area contributed by atoms with E-state index in [1.165, 1.54) is 31.7 Å². The summed E-state index contributed by atoms with van der Waals surface area (Å²) in [6.07, 6.45) is 5.02. The maximum Gasteiger partial charge on any atom is 0.188 e.